The van der Waals surface area contributed by atoms with Gasteiger partial charge in [-0.1, -0.05) is 17.7 Å². The Morgan fingerprint density at radius 2 is 2.04 bits per heavy atom. The molecule has 3 rings (SSSR count). The molecule has 126 valence electrons. The maximum absolute atomic E-state index is 13.2. The largest absolute Gasteiger partial charge is 0.348 e. The highest BCUT2D eigenvalue weighted by molar-refractivity contribution is 6.31. The highest BCUT2D eigenvalue weighted by Gasteiger charge is 2.08. The molecule has 0 unspecified atom stereocenters. The Hall–Kier alpha value is -2.99. The molecule has 25 heavy (non-hydrogen) atoms. The van der Waals surface area contributed by atoms with Gasteiger partial charge in [0.1, 0.15) is 11.6 Å². The van der Waals surface area contributed by atoms with Crippen molar-refractivity contribution in [2.24, 2.45) is 0 Å². The van der Waals surface area contributed by atoms with E-state index in [1.807, 2.05) is 12.1 Å². The minimum atomic E-state index is -0.497. The predicted molar refractivity (Wildman–Crippen MR) is 94.3 cm³/mol. The quantitative estimate of drug-likeness (QED) is 0.726. The van der Waals surface area contributed by atoms with Gasteiger partial charge in [0, 0.05) is 36.4 Å². The number of carbonyl (C=O) groups excluding carboxylic acids is 1. The highest BCUT2D eigenvalue weighted by atomic mass is 35.5. The van der Waals surface area contributed by atoms with E-state index in [1.165, 1.54) is 24.4 Å². The Morgan fingerprint density at radius 3 is 2.80 bits per heavy atom. The average Bonchev–Trinajstić information content (AvgIpc) is 2.64. The van der Waals surface area contributed by atoms with Crippen LogP contribution in [0.3, 0.4) is 0 Å². The van der Waals surface area contributed by atoms with Crippen LogP contribution in [-0.4, -0.2) is 15.9 Å². The minimum absolute atomic E-state index is 0.00960. The second-order valence-corrected chi connectivity index (χ2v) is 5.63. The highest BCUT2D eigenvalue weighted by Crippen LogP contribution is 2.22. The fraction of sp³-hybridized carbons (Fsp3) is 0.0556. The van der Waals surface area contributed by atoms with Gasteiger partial charge in [-0.25, -0.2) is 9.37 Å². The lowest BCUT2D eigenvalue weighted by Crippen LogP contribution is -2.23. The summed E-state index contributed by atoms with van der Waals surface area (Å²) >= 11 is 5.76. The number of nitrogens with one attached hydrogen (secondary N) is 2. The van der Waals surface area contributed by atoms with Crippen LogP contribution in [0.2, 0.25) is 5.02 Å². The maximum Gasteiger partial charge on any atom is 0.251 e. The molecule has 3 aromatic rings. The molecular formula is C18H14ClFN4O. The van der Waals surface area contributed by atoms with Crippen LogP contribution < -0.4 is 10.6 Å². The predicted octanol–water partition coefficient (Wildman–Crippen LogP) is 3.94. The number of amides is 1. The van der Waals surface area contributed by atoms with Crippen LogP contribution in [-0.2, 0) is 6.54 Å². The zero-order valence-corrected chi connectivity index (χ0v) is 13.8. The zero-order valence-electron chi connectivity index (χ0n) is 13.0. The van der Waals surface area contributed by atoms with E-state index < -0.39 is 5.82 Å². The molecule has 0 atom stereocenters. The molecule has 0 radical (unpaired) electrons. The van der Waals surface area contributed by atoms with Crippen LogP contribution in [0.4, 0.5) is 15.9 Å². The number of benzene rings is 1. The van der Waals surface area contributed by atoms with Gasteiger partial charge in [-0.2, -0.15) is 0 Å². The van der Waals surface area contributed by atoms with Crippen molar-refractivity contribution >= 4 is 29.0 Å². The first kappa shape index (κ1) is 16.9. The van der Waals surface area contributed by atoms with Crippen molar-refractivity contribution in [3.63, 3.8) is 0 Å². The normalized spacial score (nSPS) is 10.3. The monoisotopic (exact) mass is 356 g/mol. The lowest BCUT2D eigenvalue weighted by atomic mass is 10.2. The fourth-order valence-electron chi connectivity index (χ4n) is 2.15. The van der Waals surface area contributed by atoms with Crippen LogP contribution in [0.25, 0.3) is 0 Å². The van der Waals surface area contributed by atoms with E-state index in [0.717, 1.165) is 5.56 Å². The standard InChI is InChI=1S/C18H14ClFN4O/c19-15-9-14(3-4-16(15)20)24-17-8-13(5-7-22-17)18(25)23-11-12-2-1-6-21-10-12/h1-10H,11H2,(H,22,24)(H,23,25). The first-order chi connectivity index (χ1) is 12.1. The van der Waals surface area contributed by atoms with Crippen LogP contribution in [0, 0.1) is 5.82 Å². The smallest absolute Gasteiger partial charge is 0.251 e. The third kappa shape index (κ3) is 4.51. The minimum Gasteiger partial charge on any atom is -0.348 e. The van der Waals surface area contributed by atoms with Crippen LogP contribution >= 0.6 is 11.6 Å². The van der Waals surface area contributed by atoms with Crippen LogP contribution in [0.5, 0.6) is 0 Å². The van der Waals surface area contributed by atoms with Gasteiger partial charge >= 0.3 is 0 Å². The molecule has 2 aromatic heterocycles. The third-order valence-corrected chi connectivity index (χ3v) is 3.68. The molecule has 0 saturated heterocycles. The molecule has 0 saturated carbocycles. The summed E-state index contributed by atoms with van der Waals surface area (Å²) in [7, 11) is 0. The van der Waals surface area contributed by atoms with Crippen molar-refractivity contribution < 1.29 is 9.18 Å². The number of rotatable bonds is 5. The SMILES string of the molecule is O=C(NCc1cccnc1)c1ccnc(Nc2ccc(F)c(Cl)c2)c1. The summed E-state index contributed by atoms with van der Waals surface area (Å²) in [5, 5.41) is 5.82. The lowest BCUT2D eigenvalue weighted by molar-refractivity contribution is 0.0951. The first-order valence-electron chi connectivity index (χ1n) is 7.47. The third-order valence-electron chi connectivity index (χ3n) is 3.39. The van der Waals surface area contributed by atoms with Crippen LogP contribution in [0.1, 0.15) is 15.9 Å². The van der Waals surface area contributed by atoms with Crippen molar-refractivity contribution in [2.75, 3.05) is 5.32 Å². The lowest BCUT2D eigenvalue weighted by Gasteiger charge is -2.09. The molecular weight excluding hydrogens is 343 g/mol. The molecule has 2 heterocycles. The summed E-state index contributed by atoms with van der Waals surface area (Å²) in [6.07, 6.45) is 4.89. The average molecular weight is 357 g/mol. The van der Waals surface area contributed by atoms with Gasteiger partial charge in [0.25, 0.3) is 5.91 Å². The summed E-state index contributed by atoms with van der Waals surface area (Å²) < 4.78 is 13.2. The van der Waals surface area contributed by atoms with E-state index in [1.54, 1.807) is 24.5 Å². The number of nitrogens with zero attached hydrogens (tertiary/aromatic N) is 2. The second-order valence-electron chi connectivity index (χ2n) is 5.23. The van der Waals surface area contributed by atoms with E-state index in [2.05, 4.69) is 20.6 Å². The Bertz CT molecular complexity index is 889. The van der Waals surface area contributed by atoms with Crippen molar-refractivity contribution in [1.82, 2.24) is 15.3 Å². The number of pyridine rings is 2. The van der Waals surface area contributed by atoms with Gasteiger partial charge in [-0.05, 0) is 42.0 Å². The molecule has 1 amide bonds. The summed E-state index contributed by atoms with van der Waals surface area (Å²) in [5.74, 6) is -0.271. The van der Waals surface area contributed by atoms with E-state index in [-0.39, 0.29) is 10.9 Å². The molecule has 7 heteroatoms. The topological polar surface area (TPSA) is 66.9 Å². The molecule has 5 nitrogen and oxygen atoms in total. The Kier molecular flexibility index (Phi) is 5.20. The molecule has 0 aliphatic carbocycles. The van der Waals surface area contributed by atoms with E-state index in [4.69, 9.17) is 11.6 Å². The van der Waals surface area contributed by atoms with Gasteiger partial charge in [-0.15, -0.1) is 0 Å². The summed E-state index contributed by atoms with van der Waals surface area (Å²) in [5.41, 5.74) is 1.94. The molecule has 0 spiro atoms. The molecule has 2 N–H and O–H groups in total. The van der Waals surface area contributed by atoms with Gasteiger partial charge in [0.05, 0.1) is 5.02 Å². The van der Waals surface area contributed by atoms with E-state index >= 15 is 0 Å². The molecule has 0 fully saturated rings. The molecule has 1 aromatic carbocycles. The number of anilines is 2. The summed E-state index contributed by atoms with van der Waals surface area (Å²) in [6.45, 7) is 0.380. The fourth-order valence-corrected chi connectivity index (χ4v) is 2.33. The number of halogens is 2. The molecule has 0 bridgehead atoms. The number of aromatic nitrogens is 2. The first-order valence-corrected chi connectivity index (χ1v) is 7.85. The second kappa shape index (κ2) is 7.72. The van der Waals surface area contributed by atoms with Crippen LogP contribution in [0.15, 0.2) is 61.1 Å². The Morgan fingerprint density at radius 1 is 1.16 bits per heavy atom. The number of hydrogen-bond acceptors (Lipinski definition) is 4. The summed E-state index contributed by atoms with van der Waals surface area (Å²) in [6, 6.07) is 11.2. The number of carbonyl (C=O) groups is 1. The van der Waals surface area contributed by atoms with Crippen molar-refractivity contribution in [3.8, 4) is 0 Å². The van der Waals surface area contributed by atoms with Crippen molar-refractivity contribution in [2.45, 2.75) is 6.54 Å². The maximum atomic E-state index is 13.2. The Balaban J connectivity index is 1.68. The zero-order chi connectivity index (χ0) is 17.6. The molecule has 0 aliphatic rings. The van der Waals surface area contributed by atoms with Gasteiger partial charge < -0.3 is 10.6 Å². The van der Waals surface area contributed by atoms with Gasteiger partial charge in [0.2, 0.25) is 0 Å². The number of hydrogen-bond donors (Lipinski definition) is 2. The van der Waals surface area contributed by atoms with E-state index in [0.29, 0.717) is 23.6 Å². The Labute approximate surface area is 148 Å². The van der Waals surface area contributed by atoms with E-state index in [9.17, 15) is 9.18 Å². The van der Waals surface area contributed by atoms with Gasteiger partial charge in [-0.3, -0.25) is 9.78 Å². The summed E-state index contributed by atoms with van der Waals surface area (Å²) in [4.78, 5) is 20.4. The van der Waals surface area contributed by atoms with Crippen molar-refractivity contribution in [3.05, 3.63) is 83.0 Å². The van der Waals surface area contributed by atoms with Crippen molar-refractivity contribution in [1.29, 1.82) is 0 Å². The van der Waals surface area contributed by atoms with Gasteiger partial charge in [0.15, 0.2) is 0 Å². The molecule has 0 aliphatic heterocycles.